The zero-order chi connectivity index (χ0) is 15.6. The summed E-state index contributed by atoms with van der Waals surface area (Å²) in [6, 6.07) is 6.41. The highest BCUT2D eigenvalue weighted by Gasteiger charge is 2.32. The van der Waals surface area contributed by atoms with Gasteiger partial charge in [-0.3, -0.25) is 9.78 Å². The molecule has 2 aromatic rings. The maximum atomic E-state index is 12.8. The summed E-state index contributed by atoms with van der Waals surface area (Å²) in [5, 5.41) is 0. The van der Waals surface area contributed by atoms with E-state index in [4.69, 9.17) is 0 Å². The molecule has 0 amide bonds. The maximum Gasteiger partial charge on any atom is 0.416 e. The van der Waals surface area contributed by atoms with Crippen molar-refractivity contribution in [2.45, 2.75) is 19.0 Å². The number of aromatic nitrogens is 1. The third-order valence-electron chi connectivity index (χ3n) is 3.16. The highest BCUT2D eigenvalue weighted by Crippen LogP contribution is 2.33. The molecule has 1 aromatic carbocycles. The summed E-state index contributed by atoms with van der Waals surface area (Å²) in [7, 11) is 0. The molecule has 2 nitrogen and oxygen atoms in total. The predicted molar refractivity (Wildman–Crippen MR) is 76.1 cm³/mol. The van der Waals surface area contributed by atoms with Gasteiger partial charge in [-0.2, -0.15) is 13.2 Å². The van der Waals surface area contributed by atoms with Gasteiger partial charge in [-0.05, 0) is 35.9 Å². The standard InChI is InChI=1S/C15H11BrF3NO/c1-9(10-4-6-20-7-5-10)14(21)12-8-11(15(17,18)19)2-3-13(12)16/h2-9H,1H3. The second-order valence-corrected chi connectivity index (χ2v) is 5.41. The van der Waals surface area contributed by atoms with Crippen molar-refractivity contribution in [2.75, 3.05) is 0 Å². The van der Waals surface area contributed by atoms with Crippen molar-refractivity contribution in [1.29, 1.82) is 0 Å². The molecule has 2 rings (SSSR count). The summed E-state index contributed by atoms with van der Waals surface area (Å²) in [5.74, 6) is -0.924. The van der Waals surface area contributed by atoms with E-state index in [1.807, 2.05) is 0 Å². The van der Waals surface area contributed by atoms with Gasteiger partial charge >= 0.3 is 6.18 Å². The molecule has 1 aromatic heterocycles. The zero-order valence-corrected chi connectivity index (χ0v) is 12.6. The summed E-state index contributed by atoms with van der Waals surface area (Å²) in [5.41, 5.74) is -0.107. The van der Waals surface area contributed by atoms with Crippen LogP contribution in [0.25, 0.3) is 0 Å². The van der Waals surface area contributed by atoms with Crippen LogP contribution in [0.2, 0.25) is 0 Å². The fourth-order valence-electron chi connectivity index (χ4n) is 1.93. The number of rotatable bonds is 3. The SMILES string of the molecule is CC(C(=O)c1cc(C(F)(F)F)ccc1Br)c1ccncc1. The number of halogens is 4. The number of carbonyl (C=O) groups is 1. The lowest BCUT2D eigenvalue weighted by Gasteiger charge is -2.14. The van der Waals surface area contributed by atoms with E-state index in [-0.39, 0.29) is 11.3 Å². The minimum atomic E-state index is -4.48. The number of benzene rings is 1. The van der Waals surface area contributed by atoms with E-state index in [0.29, 0.717) is 10.0 Å². The number of alkyl halides is 3. The van der Waals surface area contributed by atoms with Crippen LogP contribution in [0, 0.1) is 0 Å². The van der Waals surface area contributed by atoms with Gasteiger partial charge in [0.2, 0.25) is 0 Å². The normalized spacial score (nSPS) is 13.0. The predicted octanol–water partition coefficient (Wildman–Crippen LogP) is 4.85. The Hall–Kier alpha value is -1.69. The second-order valence-electron chi connectivity index (χ2n) is 4.56. The average molecular weight is 358 g/mol. The molecule has 6 heteroatoms. The molecule has 110 valence electrons. The Morgan fingerprint density at radius 3 is 2.38 bits per heavy atom. The Morgan fingerprint density at radius 2 is 1.81 bits per heavy atom. The fourth-order valence-corrected chi connectivity index (χ4v) is 2.37. The highest BCUT2D eigenvalue weighted by molar-refractivity contribution is 9.10. The Balaban J connectivity index is 2.39. The number of pyridine rings is 1. The van der Waals surface area contributed by atoms with Gasteiger partial charge in [-0.25, -0.2) is 0 Å². The van der Waals surface area contributed by atoms with E-state index in [1.165, 1.54) is 6.07 Å². The van der Waals surface area contributed by atoms with Gasteiger partial charge in [0.1, 0.15) is 0 Å². The maximum absolute atomic E-state index is 12.8. The van der Waals surface area contributed by atoms with Crippen molar-refractivity contribution >= 4 is 21.7 Å². The van der Waals surface area contributed by atoms with Crippen LogP contribution in [0.4, 0.5) is 13.2 Å². The van der Waals surface area contributed by atoms with Crippen molar-refractivity contribution < 1.29 is 18.0 Å². The molecule has 0 fully saturated rings. The van der Waals surface area contributed by atoms with E-state index < -0.39 is 17.7 Å². The molecule has 1 atom stereocenters. The van der Waals surface area contributed by atoms with Gasteiger partial charge in [-0.1, -0.05) is 22.9 Å². The summed E-state index contributed by atoms with van der Waals surface area (Å²) < 4.78 is 38.6. The monoisotopic (exact) mass is 357 g/mol. The lowest BCUT2D eigenvalue weighted by molar-refractivity contribution is -0.137. The molecule has 0 radical (unpaired) electrons. The summed E-state index contributed by atoms with van der Waals surface area (Å²) >= 11 is 3.14. The number of nitrogens with zero attached hydrogens (tertiary/aromatic N) is 1. The molecule has 0 saturated heterocycles. The molecule has 0 bridgehead atoms. The first kappa shape index (κ1) is 15.7. The largest absolute Gasteiger partial charge is 0.416 e. The van der Waals surface area contributed by atoms with Crippen LogP contribution in [-0.4, -0.2) is 10.8 Å². The molecule has 0 spiro atoms. The Kier molecular flexibility index (Phi) is 4.46. The molecule has 0 aliphatic rings. The van der Waals surface area contributed by atoms with E-state index in [9.17, 15) is 18.0 Å². The Bertz CT molecular complexity index is 656. The lowest BCUT2D eigenvalue weighted by atomic mass is 9.92. The quantitative estimate of drug-likeness (QED) is 0.735. The van der Waals surface area contributed by atoms with Crippen LogP contribution < -0.4 is 0 Å². The van der Waals surface area contributed by atoms with E-state index in [2.05, 4.69) is 20.9 Å². The first-order chi connectivity index (χ1) is 9.80. The number of carbonyl (C=O) groups excluding carboxylic acids is 1. The number of Topliss-reactive ketones (excluding diaryl/α,β-unsaturated/α-hetero) is 1. The molecular weight excluding hydrogens is 347 g/mol. The van der Waals surface area contributed by atoms with Crippen LogP contribution in [0.1, 0.15) is 34.3 Å². The number of hydrogen-bond acceptors (Lipinski definition) is 2. The van der Waals surface area contributed by atoms with Gasteiger partial charge in [0.05, 0.1) is 5.56 Å². The molecule has 0 aliphatic carbocycles. The average Bonchev–Trinajstić information content (AvgIpc) is 2.46. The van der Waals surface area contributed by atoms with Gasteiger partial charge in [0.15, 0.2) is 5.78 Å². The topological polar surface area (TPSA) is 30.0 Å². The molecule has 1 heterocycles. The van der Waals surface area contributed by atoms with Crippen LogP contribution in [0.3, 0.4) is 0 Å². The van der Waals surface area contributed by atoms with Crippen molar-refractivity contribution in [1.82, 2.24) is 4.98 Å². The molecule has 0 saturated carbocycles. The zero-order valence-electron chi connectivity index (χ0n) is 11.0. The second kappa shape index (κ2) is 5.97. The number of ketones is 1. The minimum absolute atomic E-state index is 0.0223. The molecule has 1 unspecified atom stereocenters. The fraction of sp³-hybridized carbons (Fsp3) is 0.200. The summed E-state index contributed by atoms with van der Waals surface area (Å²) in [4.78, 5) is 16.3. The highest BCUT2D eigenvalue weighted by atomic mass is 79.9. The Labute approximate surface area is 128 Å². The van der Waals surface area contributed by atoms with Gasteiger partial charge < -0.3 is 0 Å². The third-order valence-corrected chi connectivity index (χ3v) is 3.85. The smallest absolute Gasteiger partial charge is 0.293 e. The van der Waals surface area contributed by atoms with E-state index >= 15 is 0 Å². The summed E-state index contributed by atoms with van der Waals surface area (Å²) in [6.07, 6.45) is -1.39. The van der Waals surface area contributed by atoms with Crippen molar-refractivity contribution in [3.05, 3.63) is 63.9 Å². The first-order valence-electron chi connectivity index (χ1n) is 6.11. The van der Waals surface area contributed by atoms with Crippen LogP contribution in [0.5, 0.6) is 0 Å². The first-order valence-corrected chi connectivity index (χ1v) is 6.91. The van der Waals surface area contributed by atoms with Gasteiger partial charge in [-0.15, -0.1) is 0 Å². The molecule has 0 aliphatic heterocycles. The molecule has 0 N–H and O–H groups in total. The summed E-state index contributed by atoms with van der Waals surface area (Å²) in [6.45, 7) is 1.66. The third kappa shape index (κ3) is 3.50. The van der Waals surface area contributed by atoms with E-state index in [0.717, 1.165) is 12.1 Å². The molecular formula is C15H11BrF3NO. The van der Waals surface area contributed by atoms with Crippen molar-refractivity contribution in [3.63, 3.8) is 0 Å². The minimum Gasteiger partial charge on any atom is -0.293 e. The van der Waals surface area contributed by atoms with Crippen molar-refractivity contribution in [2.24, 2.45) is 0 Å². The van der Waals surface area contributed by atoms with Crippen LogP contribution >= 0.6 is 15.9 Å². The number of hydrogen-bond donors (Lipinski definition) is 0. The van der Waals surface area contributed by atoms with E-state index in [1.54, 1.807) is 31.5 Å². The van der Waals surface area contributed by atoms with Crippen molar-refractivity contribution in [3.8, 4) is 0 Å². The molecule has 21 heavy (non-hydrogen) atoms. The van der Waals surface area contributed by atoms with Crippen LogP contribution in [0.15, 0.2) is 47.2 Å². The van der Waals surface area contributed by atoms with Gasteiger partial charge in [0, 0.05) is 28.3 Å². The van der Waals surface area contributed by atoms with Crippen LogP contribution in [-0.2, 0) is 6.18 Å². The van der Waals surface area contributed by atoms with Gasteiger partial charge in [0.25, 0.3) is 0 Å². The Morgan fingerprint density at radius 1 is 1.19 bits per heavy atom. The lowest BCUT2D eigenvalue weighted by Crippen LogP contribution is -2.13.